The SMILES string of the molecule is CCSCCNCCC1=CCCC1. The van der Waals surface area contributed by atoms with Crippen LogP contribution in [0.2, 0.25) is 0 Å². The van der Waals surface area contributed by atoms with Gasteiger partial charge in [0.25, 0.3) is 0 Å². The van der Waals surface area contributed by atoms with Crippen molar-refractivity contribution in [2.24, 2.45) is 0 Å². The van der Waals surface area contributed by atoms with E-state index in [4.69, 9.17) is 0 Å². The molecule has 0 heterocycles. The summed E-state index contributed by atoms with van der Waals surface area (Å²) < 4.78 is 0. The molecule has 0 aromatic rings. The van der Waals surface area contributed by atoms with Crippen molar-refractivity contribution in [1.29, 1.82) is 0 Å². The second-order valence-corrected chi connectivity index (χ2v) is 4.85. The first-order valence-electron chi connectivity index (χ1n) is 5.40. The summed E-state index contributed by atoms with van der Waals surface area (Å²) in [5.74, 6) is 2.50. The molecule has 1 rings (SSSR count). The molecule has 0 atom stereocenters. The maximum Gasteiger partial charge on any atom is 0.00580 e. The van der Waals surface area contributed by atoms with Crippen LogP contribution in [-0.2, 0) is 0 Å². The van der Waals surface area contributed by atoms with Crippen LogP contribution in [0, 0.1) is 0 Å². The summed E-state index contributed by atoms with van der Waals surface area (Å²) in [5, 5.41) is 3.49. The van der Waals surface area contributed by atoms with Crippen molar-refractivity contribution in [2.75, 3.05) is 24.6 Å². The van der Waals surface area contributed by atoms with Gasteiger partial charge in [0.1, 0.15) is 0 Å². The number of allylic oxidation sites excluding steroid dienone is 1. The monoisotopic (exact) mass is 199 g/mol. The molecule has 13 heavy (non-hydrogen) atoms. The van der Waals surface area contributed by atoms with Crippen molar-refractivity contribution in [3.05, 3.63) is 11.6 Å². The molecule has 0 amide bonds. The molecule has 0 saturated carbocycles. The second-order valence-electron chi connectivity index (χ2n) is 3.45. The lowest BCUT2D eigenvalue weighted by atomic mass is 10.2. The van der Waals surface area contributed by atoms with E-state index in [9.17, 15) is 0 Å². The summed E-state index contributed by atoms with van der Waals surface area (Å²) in [7, 11) is 0. The number of thioether (sulfide) groups is 1. The summed E-state index contributed by atoms with van der Waals surface area (Å²) in [6, 6.07) is 0. The summed E-state index contributed by atoms with van der Waals surface area (Å²) in [4.78, 5) is 0. The van der Waals surface area contributed by atoms with E-state index in [1.165, 1.54) is 50.3 Å². The molecule has 0 aromatic carbocycles. The molecule has 0 aromatic heterocycles. The molecule has 0 unspecified atom stereocenters. The Hall–Kier alpha value is 0.0500. The van der Waals surface area contributed by atoms with Gasteiger partial charge in [0.2, 0.25) is 0 Å². The van der Waals surface area contributed by atoms with E-state index < -0.39 is 0 Å². The minimum absolute atomic E-state index is 1.17. The summed E-state index contributed by atoms with van der Waals surface area (Å²) in [5.41, 5.74) is 1.68. The zero-order valence-corrected chi connectivity index (χ0v) is 9.46. The molecule has 1 aliphatic carbocycles. The van der Waals surface area contributed by atoms with Gasteiger partial charge >= 0.3 is 0 Å². The quantitative estimate of drug-likeness (QED) is 0.500. The number of hydrogen-bond donors (Lipinski definition) is 1. The lowest BCUT2D eigenvalue weighted by Crippen LogP contribution is -2.18. The Morgan fingerprint density at radius 2 is 2.38 bits per heavy atom. The average molecular weight is 199 g/mol. The average Bonchev–Trinajstić information content (AvgIpc) is 2.63. The highest BCUT2D eigenvalue weighted by molar-refractivity contribution is 7.99. The van der Waals surface area contributed by atoms with E-state index in [1.54, 1.807) is 5.57 Å². The van der Waals surface area contributed by atoms with E-state index >= 15 is 0 Å². The zero-order valence-electron chi connectivity index (χ0n) is 8.64. The Kier molecular flexibility index (Phi) is 6.38. The first-order valence-corrected chi connectivity index (χ1v) is 6.55. The Morgan fingerprint density at radius 1 is 1.46 bits per heavy atom. The minimum Gasteiger partial charge on any atom is -0.316 e. The lowest BCUT2D eigenvalue weighted by molar-refractivity contribution is 0.706. The van der Waals surface area contributed by atoms with Gasteiger partial charge in [0.15, 0.2) is 0 Å². The normalized spacial score (nSPS) is 16.2. The van der Waals surface area contributed by atoms with Crippen LogP contribution in [0.3, 0.4) is 0 Å². The predicted octanol–water partition coefficient (Wildman–Crippen LogP) is 2.83. The third-order valence-electron chi connectivity index (χ3n) is 2.39. The van der Waals surface area contributed by atoms with Crippen molar-refractivity contribution in [3.63, 3.8) is 0 Å². The molecule has 2 heteroatoms. The van der Waals surface area contributed by atoms with Gasteiger partial charge in [-0.1, -0.05) is 18.6 Å². The van der Waals surface area contributed by atoms with Crippen LogP contribution in [-0.4, -0.2) is 24.6 Å². The van der Waals surface area contributed by atoms with Gasteiger partial charge in [-0.25, -0.2) is 0 Å². The molecular weight excluding hydrogens is 178 g/mol. The third-order valence-corrected chi connectivity index (χ3v) is 3.29. The Labute approximate surface area is 86.4 Å². The van der Waals surface area contributed by atoms with Crippen LogP contribution >= 0.6 is 11.8 Å². The Bertz CT molecular complexity index is 154. The summed E-state index contributed by atoms with van der Waals surface area (Å²) >= 11 is 2.01. The fraction of sp³-hybridized carbons (Fsp3) is 0.818. The van der Waals surface area contributed by atoms with E-state index in [1.807, 2.05) is 11.8 Å². The first kappa shape index (κ1) is 11.1. The van der Waals surface area contributed by atoms with Crippen molar-refractivity contribution < 1.29 is 0 Å². The fourth-order valence-corrected chi connectivity index (χ4v) is 2.20. The molecule has 1 aliphatic rings. The van der Waals surface area contributed by atoms with Crippen LogP contribution in [0.5, 0.6) is 0 Å². The zero-order chi connectivity index (χ0) is 9.36. The maximum atomic E-state index is 3.49. The van der Waals surface area contributed by atoms with Crippen LogP contribution in [0.1, 0.15) is 32.6 Å². The van der Waals surface area contributed by atoms with E-state index in [2.05, 4.69) is 18.3 Å². The van der Waals surface area contributed by atoms with E-state index in [0.29, 0.717) is 0 Å². The van der Waals surface area contributed by atoms with Gasteiger partial charge in [0.05, 0.1) is 0 Å². The minimum atomic E-state index is 1.17. The smallest absolute Gasteiger partial charge is 0.00580 e. The highest BCUT2D eigenvalue weighted by atomic mass is 32.2. The van der Waals surface area contributed by atoms with Crippen LogP contribution in [0.4, 0.5) is 0 Å². The second kappa shape index (κ2) is 7.45. The topological polar surface area (TPSA) is 12.0 Å². The molecule has 1 N–H and O–H groups in total. The molecule has 0 aliphatic heterocycles. The molecule has 0 spiro atoms. The molecule has 0 saturated heterocycles. The highest BCUT2D eigenvalue weighted by Crippen LogP contribution is 2.19. The third kappa shape index (κ3) is 5.37. The standard InChI is InChI=1S/C11H21NS/c1-2-13-10-9-12-8-7-11-5-3-4-6-11/h5,12H,2-4,6-10H2,1H3. The van der Waals surface area contributed by atoms with Gasteiger partial charge in [-0.15, -0.1) is 0 Å². The van der Waals surface area contributed by atoms with Gasteiger partial charge in [-0.2, -0.15) is 11.8 Å². The summed E-state index contributed by atoms with van der Waals surface area (Å²) in [6.07, 6.45) is 7.76. The van der Waals surface area contributed by atoms with E-state index in [-0.39, 0.29) is 0 Å². The van der Waals surface area contributed by atoms with Gasteiger partial charge in [-0.3, -0.25) is 0 Å². The lowest BCUT2D eigenvalue weighted by Gasteiger charge is -2.04. The van der Waals surface area contributed by atoms with E-state index in [0.717, 1.165) is 0 Å². The molecular formula is C11H21NS. The molecule has 76 valence electrons. The Morgan fingerprint density at radius 3 is 3.08 bits per heavy atom. The fourth-order valence-electron chi connectivity index (χ4n) is 1.63. The van der Waals surface area contributed by atoms with Crippen molar-refractivity contribution in [3.8, 4) is 0 Å². The largest absolute Gasteiger partial charge is 0.316 e. The summed E-state index contributed by atoms with van der Waals surface area (Å²) in [6.45, 7) is 4.57. The molecule has 1 nitrogen and oxygen atoms in total. The van der Waals surface area contributed by atoms with Crippen LogP contribution < -0.4 is 5.32 Å². The van der Waals surface area contributed by atoms with Crippen molar-refractivity contribution in [1.82, 2.24) is 5.32 Å². The Balaban J connectivity index is 1.83. The van der Waals surface area contributed by atoms with Crippen molar-refractivity contribution >= 4 is 11.8 Å². The van der Waals surface area contributed by atoms with Crippen LogP contribution in [0.15, 0.2) is 11.6 Å². The molecule has 0 fully saturated rings. The van der Waals surface area contributed by atoms with Crippen LogP contribution in [0.25, 0.3) is 0 Å². The highest BCUT2D eigenvalue weighted by Gasteiger charge is 2.02. The van der Waals surface area contributed by atoms with Gasteiger partial charge < -0.3 is 5.32 Å². The maximum absolute atomic E-state index is 3.49. The predicted molar refractivity (Wildman–Crippen MR) is 62.4 cm³/mol. The number of hydrogen-bond acceptors (Lipinski definition) is 2. The van der Waals surface area contributed by atoms with Gasteiger partial charge in [-0.05, 0) is 38.0 Å². The van der Waals surface area contributed by atoms with Gasteiger partial charge in [0, 0.05) is 12.3 Å². The first-order chi connectivity index (χ1) is 6.43. The number of nitrogens with one attached hydrogen (secondary N) is 1. The van der Waals surface area contributed by atoms with Crippen molar-refractivity contribution in [2.45, 2.75) is 32.6 Å². The number of rotatable bonds is 7. The molecule has 0 radical (unpaired) electrons. The molecule has 0 bridgehead atoms.